The summed E-state index contributed by atoms with van der Waals surface area (Å²) in [4.78, 5) is 27.0. The van der Waals surface area contributed by atoms with E-state index in [9.17, 15) is 14.7 Å². The molecule has 1 aromatic carbocycles. The first-order valence-corrected chi connectivity index (χ1v) is 5.67. The highest BCUT2D eigenvalue weighted by molar-refractivity contribution is 5.96. The van der Waals surface area contributed by atoms with Crippen molar-refractivity contribution < 1.29 is 14.7 Å². The van der Waals surface area contributed by atoms with E-state index in [1.807, 2.05) is 0 Å². The molecule has 19 heavy (non-hydrogen) atoms. The van der Waals surface area contributed by atoms with Gasteiger partial charge < -0.3 is 10.4 Å². The van der Waals surface area contributed by atoms with Crippen molar-refractivity contribution in [1.29, 1.82) is 0 Å². The Kier molecular flexibility index (Phi) is 3.87. The number of carbonyl (C=O) groups excluding carboxylic acids is 1. The summed E-state index contributed by atoms with van der Waals surface area (Å²) >= 11 is 0. The molecule has 1 heterocycles. The van der Waals surface area contributed by atoms with Crippen LogP contribution in [0.4, 0.5) is 0 Å². The second-order valence-electron chi connectivity index (χ2n) is 3.89. The van der Waals surface area contributed by atoms with Gasteiger partial charge in [0.1, 0.15) is 0 Å². The quantitative estimate of drug-likeness (QED) is 0.871. The average Bonchev–Trinajstić information content (AvgIpc) is 2.46. The van der Waals surface area contributed by atoms with Crippen LogP contribution in [-0.2, 0) is 4.79 Å². The van der Waals surface area contributed by atoms with Gasteiger partial charge in [0.25, 0.3) is 5.91 Å². The second-order valence-corrected chi connectivity index (χ2v) is 3.89. The van der Waals surface area contributed by atoms with E-state index in [1.165, 1.54) is 24.5 Å². The maximum absolute atomic E-state index is 11.9. The lowest BCUT2D eigenvalue weighted by molar-refractivity contribution is -0.139. The molecular weight excluding hydrogens is 244 g/mol. The first-order chi connectivity index (χ1) is 9.18. The standard InChI is InChI=1S/C14H12N2O3/c17-13(11-6-8-15-9-7-11)16-12(14(18)19)10-4-2-1-3-5-10/h1-9,12H,(H,16,17)(H,18,19). The number of carboxylic acid groups (broad SMARTS) is 1. The van der Waals surface area contributed by atoms with Gasteiger partial charge in [-0.1, -0.05) is 30.3 Å². The van der Waals surface area contributed by atoms with Gasteiger partial charge in [0, 0.05) is 18.0 Å². The van der Waals surface area contributed by atoms with Crippen molar-refractivity contribution in [2.75, 3.05) is 0 Å². The molecule has 5 nitrogen and oxygen atoms in total. The molecule has 0 radical (unpaired) electrons. The number of pyridine rings is 1. The Morgan fingerprint density at radius 1 is 1.05 bits per heavy atom. The number of hydrogen-bond acceptors (Lipinski definition) is 3. The van der Waals surface area contributed by atoms with Gasteiger partial charge in [-0.25, -0.2) is 4.79 Å². The monoisotopic (exact) mass is 256 g/mol. The van der Waals surface area contributed by atoms with Crippen LogP contribution in [0.25, 0.3) is 0 Å². The zero-order valence-electron chi connectivity index (χ0n) is 9.98. The Bertz CT molecular complexity index is 570. The van der Waals surface area contributed by atoms with Gasteiger partial charge in [-0.05, 0) is 17.7 Å². The van der Waals surface area contributed by atoms with Gasteiger partial charge in [-0.15, -0.1) is 0 Å². The molecule has 2 rings (SSSR count). The number of aliphatic carboxylic acids is 1. The van der Waals surface area contributed by atoms with Gasteiger partial charge in [-0.2, -0.15) is 0 Å². The fraction of sp³-hybridized carbons (Fsp3) is 0.0714. The summed E-state index contributed by atoms with van der Waals surface area (Å²) in [7, 11) is 0. The van der Waals surface area contributed by atoms with Crippen molar-refractivity contribution in [3.63, 3.8) is 0 Å². The number of rotatable bonds is 4. The molecule has 2 N–H and O–H groups in total. The summed E-state index contributed by atoms with van der Waals surface area (Å²) in [5.74, 6) is -1.55. The minimum absolute atomic E-state index is 0.372. The van der Waals surface area contributed by atoms with Gasteiger partial charge in [0.05, 0.1) is 0 Å². The topological polar surface area (TPSA) is 79.3 Å². The molecule has 1 aromatic heterocycles. The molecule has 0 saturated heterocycles. The number of benzene rings is 1. The third-order valence-electron chi connectivity index (χ3n) is 2.60. The van der Waals surface area contributed by atoms with Gasteiger partial charge in [-0.3, -0.25) is 9.78 Å². The van der Waals surface area contributed by atoms with Gasteiger partial charge >= 0.3 is 5.97 Å². The van der Waals surface area contributed by atoms with Crippen LogP contribution in [0.2, 0.25) is 0 Å². The van der Waals surface area contributed by atoms with Crippen molar-refractivity contribution in [3.05, 3.63) is 66.0 Å². The first-order valence-electron chi connectivity index (χ1n) is 5.67. The van der Waals surface area contributed by atoms with Crippen LogP contribution >= 0.6 is 0 Å². The van der Waals surface area contributed by atoms with Crippen LogP contribution in [0.5, 0.6) is 0 Å². The van der Waals surface area contributed by atoms with E-state index in [-0.39, 0.29) is 0 Å². The van der Waals surface area contributed by atoms with Crippen molar-refractivity contribution in [2.45, 2.75) is 6.04 Å². The van der Waals surface area contributed by atoms with E-state index in [4.69, 9.17) is 0 Å². The Morgan fingerprint density at radius 2 is 1.68 bits per heavy atom. The second kappa shape index (κ2) is 5.77. The number of aromatic nitrogens is 1. The van der Waals surface area contributed by atoms with E-state index in [1.54, 1.807) is 30.3 Å². The van der Waals surface area contributed by atoms with Gasteiger partial charge in [0.15, 0.2) is 6.04 Å². The molecule has 0 aliphatic rings. The molecule has 2 aromatic rings. The maximum atomic E-state index is 11.9. The molecule has 1 unspecified atom stereocenters. The third-order valence-corrected chi connectivity index (χ3v) is 2.60. The molecule has 0 fully saturated rings. The molecule has 0 bridgehead atoms. The minimum atomic E-state index is -1.10. The lowest BCUT2D eigenvalue weighted by Crippen LogP contribution is -2.33. The Balaban J connectivity index is 2.19. The van der Waals surface area contributed by atoms with E-state index in [0.717, 1.165) is 0 Å². The highest BCUT2D eigenvalue weighted by atomic mass is 16.4. The molecule has 0 saturated carbocycles. The number of carbonyl (C=O) groups is 2. The molecule has 1 atom stereocenters. The largest absolute Gasteiger partial charge is 0.479 e. The predicted molar refractivity (Wildman–Crippen MR) is 68.5 cm³/mol. The lowest BCUT2D eigenvalue weighted by Gasteiger charge is -2.14. The fourth-order valence-corrected chi connectivity index (χ4v) is 1.65. The van der Waals surface area contributed by atoms with Crippen molar-refractivity contribution in [3.8, 4) is 0 Å². The number of carboxylic acids is 1. The summed E-state index contributed by atoms with van der Waals surface area (Å²) in [6.45, 7) is 0. The third kappa shape index (κ3) is 3.16. The van der Waals surface area contributed by atoms with E-state index in [0.29, 0.717) is 11.1 Å². The molecule has 0 aliphatic carbocycles. The summed E-state index contributed by atoms with van der Waals surface area (Å²) in [5.41, 5.74) is 0.898. The molecule has 5 heteroatoms. The first kappa shape index (κ1) is 12.8. The number of hydrogen-bond donors (Lipinski definition) is 2. The summed E-state index contributed by atoms with van der Waals surface area (Å²) in [6.07, 6.45) is 2.96. The van der Waals surface area contributed by atoms with Crippen LogP contribution in [0.1, 0.15) is 22.0 Å². The van der Waals surface area contributed by atoms with Gasteiger partial charge in [0.2, 0.25) is 0 Å². The Labute approximate surface area is 109 Å². The van der Waals surface area contributed by atoms with Crippen LogP contribution in [0, 0.1) is 0 Å². The predicted octanol–water partition coefficient (Wildman–Crippen LogP) is 1.64. The van der Waals surface area contributed by atoms with Crippen LogP contribution in [0.15, 0.2) is 54.9 Å². The Morgan fingerprint density at radius 3 is 2.26 bits per heavy atom. The van der Waals surface area contributed by atoms with E-state index < -0.39 is 17.9 Å². The molecule has 0 aliphatic heterocycles. The normalized spacial score (nSPS) is 11.6. The van der Waals surface area contributed by atoms with Crippen LogP contribution < -0.4 is 5.32 Å². The Hall–Kier alpha value is -2.69. The highest BCUT2D eigenvalue weighted by Gasteiger charge is 2.22. The number of nitrogens with one attached hydrogen (secondary N) is 1. The molecular formula is C14H12N2O3. The molecule has 0 spiro atoms. The van der Waals surface area contributed by atoms with Crippen molar-refractivity contribution in [2.24, 2.45) is 0 Å². The average molecular weight is 256 g/mol. The smallest absolute Gasteiger partial charge is 0.330 e. The van der Waals surface area contributed by atoms with E-state index in [2.05, 4.69) is 10.3 Å². The summed E-state index contributed by atoms with van der Waals surface area (Å²) < 4.78 is 0. The molecule has 1 amide bonds. The molecule has 96 valence electrons. The van der Waals surface area contributed by atoms with Crippen molar-refractivity contribution >= 4 is 11.9 Å². The maximum Gasteiger partial charge on any atom is 0.330 e. The van der Waals surface area contributed by atoms with Crippen molar-refractivity contribution in [1.82, 2.24) is 10.3 Å². The number of amides is 1. The summed E-state index contributed by atoms with van der Waals surface area (Å²) in [6, 6.07) is 10.5. The fourth-order valence-electron chi connectivity index (χ4n) is 1.65. The van der Waals surface area contributed by atoms with Crippen LogP contribution in [0.3, 0.4) is 0 Å². The van der Waals surface area contributed by atoms with E-state index >= 15 is 0 Å². The lowest BCUT2D eigenvalue weighted by atomic mass is 10.1. The minimum Gasteiger partial charge on any atom is -0.479 e. The number of nitrogens with zero attached hydrogens (tertiary/aromatic N) is 1. The SMILES string of the molecule is O=C(NC(C(=O)O)c1ccccc1)c1ccncc1. The zero-order valence-corrected chi connectivity index (χ0v) is 9.98. The zero-order chi connectivity index (χ0) is 13.7. The van der Waals surface area contributed by atoms with Crippen LogP contribution in [-0.4, -0.2) is 22.0 Å². The summed E-state index contributed by atoms with van der Waals surface area (Å²) in [5, 5.41) is 11.7. The highest BCUT2D eigenvalue weighted by Crippen LogP contribution is 2.13.